The van der Waals surface area contributed by atoms with Crippen molar-refractivity contribution in [2.45, 2.75) is 150 Å². The minimum absolute atomic E-state index is 0.0853. The van der Waals surface area contributed by atoms with E-state index < -0.39 is 0 Å². The molecule has 1 heterocycles. The number of fused-ring (bicyclic) bond motifs is 5. The van der Waals surface area contributed by atoms with Gasteiger partial charge in [-0.3, -0.25) is 9.48 Å². The minimum atomic E-state index is -0.131. The lowest BCUT2D eigenvalue weighted by Crippen LogP contribution is -2.52. The van der Waals surface area contributed by atoms with E-state index in [0.29, 0.717) is 16.9 Å². The van der Waals surface area contributed by atoms with E-state index in [1.165, 1.54) is 77.0 Å². The Hall–Kier alpha value is -1.69. The number of aryl methyl sites for hydroxylation is 1. The number of carbonyl (C=O) groups excluding carboxylic acids is 1. The van der Waals surface area contributed by atoms with Crippen molar-refractivity contribution in [1.29, 1.82) is 0 Å². The molecule has 6 nitrogen and oxygen atoms in total. The van der Waals surface area contributed by atoms with Gasteiger partial charge in [0, 0.05) is 38.7 Å². The Bertz CT molecular complexity index is 1030. The molecule has 3 fully saturated rings. The molecule has 40 heavy (non-hydrogen) atoms. The fraction of sp³-hybridized carbons (Fsp3) is 0.853. The molecule has 0 bridgehead atoms. The Labute approximate surface area is 243 Å². The van der Waals surface area contributed by atoms with Crippen molar-refractivity contribution in [3.05, 3.63) is 23.5 Å². The molecule has 0 amide bonds. The van der Waals surface area contributed by atoms with Gasteiger partial charge in [-0.1, -0.05) is 69.7 Å². The number of esters is 1. The summed E-state index contributed by atoms with van der Waals surface area (Å²) in [7, 11) is 0. The molecule has 3 saturated carbocycles. The van der Waals surface area contributed by atoms with Gasteiger partial charge in [-0.25, -0.2) is 0 Å². The fourth-order valence-corrected chi connectivity index (χ4v) is 9.82. The normalized spacial score (nSPS) is 35.8. The van der Waals surface area contributed by atoms with Crippen LogP contribution < -0.4 is 5.32 Å². The second kappa shape index (κ2) is 12.7. The molecule has 1 aromatic heterocycles. The van der Waals surface area contributed by atoms with Crippen LogP contribution in [0.25, 0.3) is 0 Å². The lowest BCUT2D eigenvalue weighted by atomic mass is 9.47. The second-order valence-electron chi connectivity index (χ2n) is 14.4. The zero-order valence-electron chi connectivity index (χ0n) is 26.1. The number of rotatable bonds is 12. The summed E-state index contributed by atoms with van der Waals surface area (Å²) in [4.78, 5) is 11.6. The number of nitrogens with zero attached hydrogens (tertiary/aromatic N) is 3. The standard InChI is InChI=1S/C34H56N4O2/c1-6-7-8-9-10-11-20-38-23-27(36-37-38)22-35-24(2)30-14-15-31-29-13-12-26-21-28(40-25(3)39)16-18-33(26,4)32(29)17-19-34(30,31)5/h12,23-24,28-32,35H,6-11,13-22H2,1-5H3/t24-,28-,29-,30+,31-,32-,33-,34+/m0/s1. The van der Waals surface area contributed by atoms with Crippen LogP contribution in [0, 0.1) is 34.5 Å². The van der Waals surface area contributed by atoms with Gasteiger partial charge in [-0.05, 0) is 92.8 Å². The van der Waals surface area contributed by atoms with Crippen molar-refractivity contribution in [2.75, 3.05) is 0 Å². The molecular weight excluding hydrogens is 496 g/mol. The second-order valence-corrected chi connectivity index (χ2v) is 14.4. The van der Waals surface area contributed by atoms with Crippen molar-refractivity contribution in [1.82, 2.24) is 20.3 Å². The monoisotopic (exact) mass is 552 g/mol. The molecule has 4 aliphatic rings. The summed E-state index contributed by atoms with van der Waals surface area (Å²) in [6.07, 6.45) is 22.4. The molecule has 0 radical (unpaired) electrons. The molecule has 1 aromatic rings. The number of allylic oxidation sites excluding steroid dienone is 1. The van der Waals surface area contributed by atoms with Gasteiger partial charge in [0.15, 0.2) is 0 Å². The van der Waals surface area contributed by atoms with E-state index in [4.69, 9.17) is 4.74 Å². The first-order valence-corrected chi connectivity index (χ1v) is 16.7. The van der Waals surface area contributed by atoms with E-state index in [1.807, 2.05) is 4.68 Å². The van der Waals surface area contributed by atoms with Crippen LogP contribution in [-0.2, 0) is 22.6 Å². The van der Waals surface area contributed by atoms with Crippen LogP contribution in [-0.4, -0.2) is 33.1 Å². The van der Waals surface area contributed by atoms with Gasteiger partial charge in [-0.2, -0.15) is 0 Å². The number of aromatic nitrogens is 3. The maximum absolute atomic E-state index is 11.6. The smallest absolute Gasteiger partial charge is 0.302 e. The van der Waals surface area contributed by atoms with Crippen LogP contribution >= 0.6 is 0 Å². The molecule has 0 unspecified atom stereocenters. The van der Waals surface area contributed by atoms with Gasteiger partial charge in [0.1, 0.15) is 6.10 Å². The lowest BCUT2D eigenvalue weighted by Gasteiger charge is -2.58. The zero-order chi connectivity index (χ0) is 28.3. The van der Waals surface area contributed by atoms with Crippen molar-refractivity contribution in [3.63, 3.8) is 0 Å². The third-order valence-corrected chi connectivity index (χ3v) is 12.0. The van der Waals surface area contributed by atoms with E-state index in [1.54, 1.807) is 12.5 Å². The van der Waals surface area contributed by atoms with E-state index >= 15 is 0 Å². The average Bonchev–Trinajstić information content (AvgIpc) is 3.53. The summed E-state index contributed by atoms with van der Waals surface area (Å²) < 4.78 is 7.68. The van der Waals surface area contributed by atoms with Crippen LogP contribution in [0.2, 0.25) is 0 Å². The van der Waals surface area contributed by atoms with Crippen LogP contribution in [0.3, 0.4) is 0 Å². The summed E-state index contributed by atoms with van der Waals surface area (Å²) in [5.74, 6) is 2.99. The highest BCUT2D eigenvalue weighted by atomic mass is 16.5. The largest absolute Gasteiger partial charge is 0.462 e. The minimum Gasteiger partial charge on any atom is -0.462 e. The van der Waals surface area contributed by atoms with Gasteiger partial charge < -0.3 is 10.1 Å². The topological polar surface area (TPSA) is 69.0 Å². The summed E-state index contributed by atoms with van der Waals surface area (Å²) in [6.45, 7) is 13.2. The highest BCUT2D eigenvalue weighted by Crippen LogP contribution is 2.66. The van der Waals surface area contributed by atoms with Crippen molar-refractivity contribution < 1.29 is 9.53 Å². The molecule has 0 saturated heterocycles. The Morgan fingerprint density at radius 3 is 2.70 bits per heavy atom. The highest BCUT2D eigenvalue weighted by molar-refractivity contribution is 5.66. The third kappa shape index (κ3) is 6.08. The number of ether oxygens (including phenoxy) is 1. The van der Waals surface area contributed by atoms with Crippen LogP contribution in [0.15, 0.2) is 17.8 Å². The summed E-state index contributed by atoms with van der Waals surface area (Å²) in [5.41, 5.74) is 3.37. The Morgan fingerprint density at radius 2 is 1.90 bits per heavy atom. The number of hydrogen-bond donors (Lipinski definition) is 1. The van der Waals surface area contributed by atoms with E-state index in [9.17, 15) is 4.79 Å². The quantitative estimate of drug-likeness (QED) is 0.164. The van der Waals surface area contributed by atoms with E-state index in [2.05, 4.69) is 55.6 Å². The molecule has 4 aliphatic carbocycles. The molecular formula is C34H56N4O2. The van der Waals surface area contributed by atoms with Gasteiger partial charge in [0.2, 0.25) is 0 Å². The molecule has 0 spiro atoms. The van der Waals surface area contributed by atoms with Gasteiger partial charge >= 0.3 is 5.97 Å². The molecule has 5 rings (SSSR count). The maximum Gasteiger partial charge on any atom is 0.302 e. The van der Waals surface area contributed by atoms with Crippen LogP contribution in [0.1, 0.15) is 130 Å². The number of nitrogens with one attached hydrogen (secondary N) is 1. The van der Waals surface area contributed by atoms with Crippen molar-refractivity contribution in [2.24, 2.45) is 34.5 Å². The van der Waals surface area contributed by atoms with Crippen molar-refractivity contribution in [3.8, 4) is 0 Å². The Morgan fingerprint density at radius 1 is 1.10 bits per heavy atom. The highest BCUT2D eigenvalue weighted by Gasteiger charge is 2.59. The first-order valence-electron chi connectivity index (χ1n) is 16.7. The van der Waals surface area contributed by atoms with Crippen molar-refractivity contribution >= 4 is 5.97 Å². The summed E-state index contributed by atoms with van der Waals surface area (Å²) in [5, 5.41) is 12.8. The predicted octanol–water partition coefficient (Wildman–Crippen LogP) is 7.63. The molecule has 1 N–H and O–H groups in total. The van der Waals surface area contributed by atoms with Gasteiger partial charge in [0.25, 0.3) is 0 Å². The third-order valence-electron chi connectivity index (χ3n) is 12.0. The zero-order valence-corrected chi connectivity index (χ0v) is 26.1. The number of carbonyl (C=O) groups is 1. The van der Waals surface area contributed by atoms with Crippen LogP contribution in [0.5, 0.6) is 0 Å². The molecule has 6 heteroatoms. The van der Waals surface area contributed by atoms with E-state index in [-0.39, 0.29) is 12.1 Å². The fourth-order valence-electron chi connectivity index (χ4n) is 9.82. The predicted molar refractivity (Wildman–Crippen MR) is 160 cm³/mol. The number of hydrogen-bond acceptors (Lipinski definition) is 5. The van der Waals surface area contributed by atoms with E-state index in [0.717, 1.165) is 55.3 Å². The first kappa shape index (κ1) is 29.8. The van der Waals surface area contributed by atoms with Gasteiger partial charge in [-0.15, -0.1) is 5.10 Å². The Kier molecular flexibility index (Phi) is 9.44. The maximum atomic E-state index is 11.6. The first-order chi connectivity index (χ1) is 19.2. The lowest BCUT2D eigenvalue weighted by molar-refractivity contribution is -0.148. The average molecular weight is 553 g/mol. The molecule has 0 aromatic carbocycles. The number of unbranched alkanes of at least 4 members (excludes halogenated alkanes) is 5. The van der Waals surface area contributed by atoms with Crippen LogP contribution in [0.4, 0.5) is 0 Å². The molecule has 224 valence electrons. The SMILES string of the molecule is CCCCCCCCn1cc(CN[C@@H](C)[C@H]2CC[C@H]3[C@@H]4CC=C5C[C@@H](OC(C)=O)CC[C@]5(C)[C@H]4CC[C@]23C)nn1. The summed E-state index contributed by atoms with van der Waals surface area (Å²) in [6, 6.07) is 0.486. The molecule has 8 atom stereocenters. The Balaban J connectivity index is 1.15. The van der Waals surface area contributed by atoms with Gasteiger partial charge in [0.05, 0.1) is 5.69 Å². The molecule has 0 aliphatic heterocycles. The summed E-state index contributed by atoms with van der Waals surface area (Å²) >= 11 is 0.